The van der Waals surface area contributed by atoms with Gasteiger partial charge in [-0.1, -0.05) is 12.1 Å². The van der Waals surface area contributed by atoms with Crippen LogP contribution < -0.4 is 10.9 Å². The van der Waals surface area contributed by atoms with E-state index in [1.807, 2.05) is 6.92 Å². The highest BCUT2D eigenvalue weighted by molar-refractivity contribution is 5.85. The number of piperidine rings is 1. The number of benzene rings is 1. The lowest BCUT2D eigenvalue weighted by atomic mass is 9.97. The van der Waals surface area contributed by atoms with Crippen LogP contribution in [0, 0.1) is 12.7 Å². The van der Waals surface area contributed by atoms with Gasteiger partial charge in [-0.25, -0.2) is 14.4 Å². The monoisotopic (exact) mass is 482 g/mol. The van der Waals surface area contributed by atoms with Gasteiger partial charge in [0.1, 0.15) is 5.82 Å². The number of ketones is 1. The third kappa shape index (κ3) is 5.50. The van der Waals surface area contributed by atoms with Gasteiger partial charge < -0.3 is 10.4 Å². The summed E-state index contributed by atoms with van der Waals surface area (Å²) in [4.78, 5) is 34.2. The molecule has 0 unspecified atom stereocenters. The number of aryl methyl sites for hydroxylation is 1. The molecule has 1 aliphatic rings. The van der Waals surface area contributed by atoms with Crippen LogP contribution in [0.25, 0.3) is 22.3 Å². The maximum absolute atomic E-state index is 13.6. The Morgan fingerprint density at radius 2 is 2.06 bits per heavy atom. The largest absolute Gasteiger partial charge is 0.391 e. The van der Waals surface area contributed by atoms with Gasteiger partial charge in [0.05, 0.1) is 30.2 Å². The lowest BCUT2D eigenvalue weighted by molar-refractivity contribution is -0.121. The summed E-state index contributed by atoms with van der Waals surface area (Å²) in [5.74, 6) is -0.561. The Balaban J connectivity index is 0.00000181. The number of rotatable bonds is 5. The van der Waals surface area contributed by atoms with Crippen LogP contribution in [0.1, 0.15) is 24.8 Å². The van der Waals surface area contributed by atoms with Crippen molar-refractivity contribution in [3.63, 3.8) is 0 Å². The summed E-state index contributed by atoms with van der Waals surface area (Å²) in [6, 6.07) is 7.46. The van der Waals surface area contributed by atoms with Crippen LogP contribution in [0.2, 0.25) is 0 Å². The summed E-state index contributed by atoms with van der Waals surface area (Å²) in [7, 11) is 0. The maximum Gasteiger partial charge on any atom is 0.280 e. The first kappa shape index (κ1) is 25.9. The predicted octanol–water partition coefficient (Wildman–Crippen LogP) is 2.82. The fraction of sp³-hybridized carbons (Fsp3) is 0.364. The zero-order chi connectivity index (χ0) is 21.3. The Kier molecular flexibility index (Phi) is 8.86. The molecule has 2 atom stereocenters. The second-order valence-corrected chi connectivity index (χ2v) is 7.72. The van der Waals surface area contributed by atoms with E-state index in [-0.39, 0.29) is 60.9 Å². The van der Waals surface area contributed by atoms with Crippen LogP contribution in [-0.4, -0.2) is 44.1 Å². The summed E-state index contributed by atoms with van der Waals surface area (Å²) in [5, 5.41) is 13.2. The van der Waals surface area contributed by atoms with E-state index in [9.17, 15) is 19.1 Å². The van der Waals surface area contributed by atoms with Crippen molar-refractivity contribution in [1.82, 2.24) is 19.9 Å². The van der Waals surface area contributed by atoms with E-state index in [1.54, 1.807) is 18.2 Å². The molecular formula is C22H25Cl2FN4O3. The van der Waals surface area contributed by atoms with Gasteiger partial charge in [-0.15, -0.1) is 24.8 Å². The molecule has 2 aromatic heterocycles. The van der Waals surface area contributed by atoms with Crippen molar-refractivity contribution in [1.29, 1.82) is 0 Å². The number of aliphatic hydroxyl groups is 1. The van der Waals surface area contributed by atoms with Gasteiger partial charge in [0.2, 0.25) is 0 Å². The number of aromatic nitrogens is 3. The van der Waals surface area contributed by atoms with Crippen molar-refractivity contribution in [2.75, 3.05) is 6.54 Å². The number of nitrogens with zero attached hydrogens (tertiary/aromatic N) is 3. The van der Waals surface area contributed by atoms with Crippen LogP contribution in [0.15, 0.2) is 41.5 Å². The minimum absolute atomic E-state index is 0. The van der Waals surface area contributed by atoms with Gasteiger partial charge in [0, 0.05) is 18.0 Å². The molecule has 4 rings (SSSR count). The first-order valence-electron chi connectivity index (χ1n) is 9.98. The average molecular weight is 483 g/mol. The summed E-state index contributed by atoms with van der Waals surface area (Å²) in [6.45, 7) is 2.43. The molecule has 0 aliphatic carbocycles. The molecule has 0 radical (unpaired) electrons. The Bertz CT molecular complexity index is 1170. The van der Waals surface area contributed by atoms with E-state index in [2.05, 4.69) is 15.3 Å². The fourth-order valence-corrected chi connectivity index (χ4v) is 3.85. The zero-order valence-corrected chi connectivity index (χ0v) is 19.1. The van der Waals surface area contributed by atoms with Crippen molar-refractivity contribution in [2.24, 2.45) is 0 Å². The van der Waals surface area contributed by atoms with Crippen LogP contribution in [-0.2, 0) is 11.3 Å². The minimum Gasteiger partial charge on any atom is -0.391 e. The van der Waals surface area contributed by atoms with E-state index in [4.69, 9.17) is 0 Å². The second kappa shape index (κ2) is 11.0. The molecule has 172 valence electrons. The van der Waals surface area contributed by atoms with Gasteiger partial charge in [0.25, 0.3) is 5.56 Å². The molecule has 0 spiro atoms. The third-order valence-electron chi connectivity index (χ3n) is 5.44. The molecule has 1 aromatic carbocycles. The Morgan fingerprint density at radius 3 is 2.78 bits per heavy atom. The number of halogens is 3. The molecule has 7 nitrogen and oxygen atoms in total. The SMILES string of the molecule is Cc1cc(-c2cccc(F)c2)nc2c(=O)n(CC(=O)C[C@H]3NCCC[C@@H]3O)cnc12.Cl.Cl. The smallest absolute Gasteiger partial charge is 0.280 e. The lowest BCUT2D eigenvalue weighted by Gasteiger charge is -2.28. The van der Waals surface area contributed by atoms with Crippen molar-refractivity contribution in [3.8, 4) is 11.3 Å². The number of fused-ring (bicyclic) bond motifs is 1. The Morgan fingerprint density at radius 1 is 1.28 bits per heavy atom. The molecule has 0 bridgehead atoms. The highest BCUT2D eigenvalue weighted by Gasteiger charge is 2.25. The summed E-state index contributed by atoms with van der Waals surface area (Å²) < 4.78 is 14.8. The summed E-state index contributed by atoms with van der Waals surface area (Å²) in [6.07, 6.45) is 2.46. The molecule has 1 saturated heterocycles. The van der Waals surface area contributed by atoms with Crippen molar-refractivity contribution in [2.45, 2.75) is 44.9 Å². The number of pyridine rings is 1. The molecule has 3 aromatic rings. The number of carbonyl (C=O) groups is 1. The second-order valence-electron chi connectivity index (χ2n) is 7.72. The van der Waals surface area contributed by atoms with Crippen LogP contribution in [0.3, 0.4) is 0 Å². The third-order valence-corrected chi connectivity index (χ3v) is 5.44. The topological polar surface area (TPSA) is 97.1 Å². The fourth-order valence-electron chi connectivity index (χ4n) is 3.85. The maximum atomic E-state index is 13.6. The molecular weight excluding hydrogens is 458 g/mol. The lowest BCUT2D eigenvalue weighted by Crippen LogP contribution is -2.46. The van der Waals surface area contributed by atoms with E-state index in [0.717, 1.165) is 18.5 Å². The zero-order valence-electron chi connectivity index (χ0n) is 17.5. The number of carbonyl (C=O) groups excluding carboxylic acids is 1. The first-order valence-corrected chi connectivity index (χ1v) is 9.98. The molecule has 3 heterocycles. The number of Topliss-reactive ketones (excluding diaryl/α,β-unsaturated/α-hetero) is 1. The average Bonchev–Trinajstić information content (AvgIpc) is 2.72. The van der Waals surface area contributed by atoms with Gasteiger partial charge >= 0.3 is 0 Å². The quantitative estimate of drug-likeness (QED) is 0.580. The molecule has 0 saturated carbocycles. The molecule has 0 amide bonds. The van der Waals surface area contributed by atoms with Gasteiger partial charge in [-0.2, -0.15) is 0 Å². The molecule has 1 fully saturated rings. The normalized spacial score (nSPS) is 18.0. The summed E-state index contributed by atoms with van der Waals surface area (Å²) in [5.41, 5.74) is 1.94. The van der Waals surface area contributed by atoms with E-state index >= 15 is 0 Å². The van der Waals surface area contributed by atoms with E-state index in [0.29, 0.717) is 23.2 Å². The Labute approximate surface area is 196 Å². The van der Waals surface area contributed by atoms with Gasteiger partial charge in [-0.05, 0) is 50.1 Å². The highest BCUT2D eigenvalue weighted by Crippen LogP contribution is 2.22. The van der Waals surface area contributed by atoms with Gasteiger partial charge in [0.15, 0.2) is 11.3 Å². The number of hydrogen-bond donors (Lipinski definition) is 2. The molecule has 2 N–H and O–H groups in total. The van der Waals surface area contributed by atoms with Crippen molar-refractivity contribution in [3.05, 3.63) is 58.4 Å². The summed E-state index contributed by atoms with van der Waals surface area (Å²) >= 11 is 0. The highest BCUT2D eigenvalue weighted by atomic mass is 35.5. The standard InChI is InChI=1S/C22H23FN4O3.2ClH/c1-13-8-17(14-4-2-5-15(23)9-14)26-21-20(13)25-12-27(22(21)30)11-16(28)10-18-19(29)6-3-7-24-18;;/h2,4-5,8-9,12,18-19,24,29H,3,6-7,10-11H2,1H3;2*1H/t18-,19+;;/m1../s1. The van der Waals surface area contributed by atoms with E-state index < -0.39 is 11.7 Å². The van der Waals surface area contributed by atoms with Crippen LogP contribution >= 0.6 is 24.8 Å². The number of hydrogen-bond acceptors (Lipinski definition) is 6. The predicted molar refractivity (Wildman–Crippen MR) is 125 cm³/mol. The number of nitrogens with one attached hydrogen (secondary N) is 1. The molecule has 10 heteroatoms. The van der Waals surface area contributed by atoms with Crippen molar-refractivity contribution >= 4 is 41.6 Å². The van der Waals surface area contributed by atoms with E-state index in [1.165, 1.54) is 23.0 Å². The van der Waals surface area contributed by atoms with Crippen molar-refractivity contribution < 1.29 is 14.3 Å². The van der Waals surface area contributed by atoms with Crippen LogP contribution in [0.5, 0.6) is 0 Å². The molecule has 32 heavy (non-hydrogen) atoms. The van der Waals surface area contributed by atoms with Gasteiger partial charge in [-0.3, -0.25) is 14.2 Å². The van der Waals surface area contributed by atoms with Crippen LogP contribution in [0.4, 0.5) is 4.39 Å². The number of aliphatic hydroxyl groups excluding tert-OH is 1. The first-order chi connectivity index (χ1) is 14.4. The Hall–Kier alpha value is -2.39. The minimum atomic E-state index is -0.563. The molecule has 1 aliphatic heterocycles.